The molecule has 0 atom stereocenters. The van der Waals surface area contributed by atoms with Crippen molar-refractivity contribution in [3.63, 3.8) is 0 Å². The van der Waals surface area contributed by atoms with E-state index in [9.17, 15) is 8.42 Å². The maximum absolute atomic E-state index is 10.4. The first-order chi connectivity index (χ1) is 6.58. The molecule has 0 aromatic heterocycles. The molecule has 0 fully saturated rings. The van der Waals surface area contributed by atoms with Crippen molar-refractivity contribution in [2.75, 3.05) is 12.3 Å². The third-order valence-corrected chi connectivity index (χ3v) is 2.42. The minimum atomic E-state index is -3.84. The van der Waals surface area contributed by atoms with E-state index in [1.165, 1.54) is 0 Å². The van der Waals surface area contributed by atoms with Crippen molar-refractivity contribution in [3.05, 3.63) is 35.6 Å². The van der Waals surface area contributed by atoms with E-state index in [2.05, 4.69) is 5.32 Å². The van der Waals surface area contributed by atoms with Crippen LogP contribution in [0.25, 0.3) is 5.32 Å². The largest absolute Gasteiger partial charge is 1.00 e. The van der Waals surface area contributed by atoms with E-state index in [1.54, 1.807) is 0 Å². The standard InChI is InChI=1S/C9H12NO3S.Na.H2O/c11-14(12,13)8-4-7-10-9-5-2-1-3-6-9;;/h1-3,5-6H,4,7-8H2,(H,11,12,13);;1H2/q-1;+1;. The molecule has 0 aliphatic heterocycles. The third-order valence-electron chi connectivity index (χ3n) is 1.61. The van der Waals surface area contributed by atoms with E-state index in [0.29, 0.717) is 13.0 Å². The summed E-state index contributed by atoms with van der Waals surface area (Å²) in [4.78, 5) is 0. The molecule has 0 amide bonds. The molecule has 16 heavy (non-hydrogen) atoms. The van der Waals surface area contributed by atoms with Crippen molar-refractivity contribution in [2.24, 2.45) is 0 Å². The SMILES string of the molecule is O.O=S(=O)(O)CCC[N-]c1ccccc1.[Na+]. The Morgan fingerprint density at radius 3 is 2.25 bits per heavy atom. The fourth-order valence-corrected chi connectivity index (χ4v) is 1.48. The van der Waals surface area contributed by atoms with E-state index in [4.69, 9.17) is 4.55 Å². The van der Waals surface area contributed by atoms with Gasteiger partial charge in [0.05, 0.1) is 5.75 Å². The Kier molecular flexibility index (Phi) is 10.2. The number of nitrogens with zero attached hydrogens (tertiary/aromatic N) is 1. The second kappa shape index (κ2) is 8.98. The minimum Gasteiger partial charge on any atom is -0.684 e. The summed E-state index contributed by atoms with van der Waals surface area (Å²) in [5, 5.41) is 4.13. The predicted octanol–water partition coefficient (Wildman–Crippen LogP) is -1.85. The van der Waals surface area contributed by atoms with Gasteiger partial charge >= 0.3 is 29.6 Å². The molecule has 1 rings (SSSR count). The van der Waals surface area contributed by atoms with Crippen molar-refractivity contribution in [3.8, 4) is 0 Å². The van der Waals surface area contributed by atoms with Crippen molar-refractivity contribution >= 4 is 15.8 Å². The van der Waals surface area contributed by atoms with Gasteiger partial charge in [-0.2, -0.15) is 8.42 Å². The van der Waals surface area contributed by atoms with Crippen LogP contribution in [0.2, 0.25) is 0 Å². The van der Waals surface area contributed by atoms with Crippen molar-refractivity contribution in [2.45, 2.75) is 6.42 Å². The molecule has 1 aromatic carbocycles. The quantitative estimate of drug-likeness (QED) is 0.379. The van der Waals surface area contributed by atoms with Gasteiger partial charge in [-0.3, -0.25) is 4.55 Å². The van der Waals surface area contributed by atoms with E-state index in [0.717, 1.165) is 5.69 Å². The summed E-state index contributed by atoms with van der Waals surface area (Å²) in [6.07, 6.45) is 0.341. The van der Waals surface area contributed by atoms with Gasteiger partial charge in [-0.25, -0.2) is 0 Å². The summed E-state index contributed by atoms with van der Waals surface area (Å²) in [6, 6.07) is 9.29. The van der Waals surface area contributed by atoms with Crippen LogP contribution in [-0.2, 0) is 10.1 Å². The average Bonchev–Trinajstić information content (AvgIpc) is 2.13. The minimum absolute atomic E-state index is 0. The van der Waals surface area contributed by atoms with Crippen LogP contribution < -0.4 is 29.6 Å². The Hall–Kier alpha value is -0.110. The molecule has 0 saturated carbocycles. The molecule has 5 nitrogen and oxygen atoms in total. The molecule has 0 spiro atoms. The zero-order valence-corrected chi connectivity index (χ0v) is 11.9. The third kappa shape index (κ3) is 9.14. The summed E-state index contributed by atoms with van der Waals surface area (Å²) in [5.74, 6) is -0.233. The molecule has 0 saturated heterocycles. The average molecular weight is 255 g/mol. The smallest absolute Gasteiger partial charge is 0.684 e. The van der Waals surface area contributed by atoms with E-state index < -0.39 is 10.1 Å². The molecule has 1 aromatic rings. The summed E-state index contributed by atoms with van der Waals surface area (Å²) < 4.78 is 29.2. The second-order valence-electron chi connectivity index (χ2n) is 2.86. The molecule has 0 aliphatic rings. The Balaban J connectivity index is 0. The fourth-order valence-electron chi connectivity index (χ4n) is 0.989. The first-order valence-electron chi connectivity index (χ1n) is 4.26. The van der Waals surface area contributed by atoms with Gasteiger partial charge in [0.2, 0.25) is 0 Å². The van der Waals surface area contributed by atoms with Gasteiger partial charge < -0.3 is 10.8 Å². The van der Waals surface area contributed by atoms with Gasteiger partial charge in [0.25, 0.3) is 10.1 Å². The van der Waals surface area contributed by atoms with E-state index >= 15 is 0 Å². The van der Waals surface area contributed by atoms with Crippen LogP contribution in [0.3, 0.4) is 0 Å². The fraction of sp³-hybridized carbons (Fsp3) is 0.333. The number of rotatable bonds is 5. The number of benzene rings is 1. The van der Waals surface area contributed by atoms with Crippen LogP contribution >= 0.6 is 0 Å². The maximum atomic E-state index is 10.4. The number of hydrogen-bond donors (Lipinski definition) is 1. The van der Waals surface area contributed by atoms with Crippen LogP contribution in [0.1, 0.15) is 6.42 Å². The van der Waals surface area contributed by atoms with Gasteiger partial charge in [0.1, 0.15) is 0 Å². The molecular formula is C9H14NNaO4S. The van der Waals surface area contributed by atoms with Crippen LogP contribution in [0.15, 0.2) is 30.3 Å². The van der Waals surface area contributed by atoms with Crippen molar-refractivity contribution < 1.29 is 48.0 Å². The summed E-state index contributed by atoms with van der Waals surface area (Å²) >= 11 is 0. The molecular weight excluding hydrogens is 241 g/mol. The van der Waals surface area contributed by atoms with E-state index in [-0.39, 0.29) is 40.8 Å². The Bertz CT molecular complexity index is 368. The molecule has 86 valence electrons. The Morgan fingerprint density at radius 2 is 1.75 bits per heavy atom. The summed E-state index contributed by atoms with van der Waals surface area (Å²) in [6.45, 7) is 0.407. The molecule has 0 radical (unpaired) electrons. The first kappa shape index (κ1) is 18.3. The molecule has 0 heterocycles. The van der Waals surface area contributed by atoms with Crippen LogP contribution in [-0.4, -0.2) is 30.7 Å². The van der Waals surface area contributed by atoms with Gasteiger partial charge in [0, 0.05) is 0 Å². The summed E-state index contributed by atoms with van der Waals surface area (Å²) in [7, 11) is -3.84. The zero-order valence-electron chi connectivity index (χ0n) is 9.13. The molecule has 0 aliphatic carbocycles. The van der Waals surface area contributed by atoms with Crippen molar-refractivity contribution in [1.82, 2.24) is 0 Å². The van der Waals surface area contributed by atoms with Gasteiger partial charge in [-0.15, -0.1) is 12.2 Å². The van der Waals surface area contributed by atoms with Gasteiger partial charge in [0.15, 0.2) is 0 Å². The Morgan fingerprint density at radius 1 is 1.19 bits per heavy atom. The van der Waals surface area contributed by atoms with Crippen LogP contribution in [0.4, 0.5) is 5.69 Å². The number of hydrogen-bond acceptors (Lipinski definition) is 2. The van der Waals surface area contributed by atoms with Gasteiger partial charge in [-0.05, 0) is 0 Å². The van der Waals surface area contributed by atoms with Crippen molar-refractivity contribution in [1.29, 1.82) is 0 Å². The van der Waals surface area contributed by atoms with Crippen LogP contribution in [0.5, 0.6) is 0 Å². The second-order valence-corrected chi connectivity index (χ2v) is 4.43. The molecule has 0 unspecified atom stereocenters. The number of para-hydroxylation sites is 1. The summed E-state index contributed by atoms with van der Waals surface area (Å²) in [5.41, 5.74) is 0.822. The van der Waals surface area contributed by atoms with Crippen LogP contribution in [0, 0.1) is 0 Å². The first-order valence-corrected chi connectivity index (χ1v) is 5.86. The molecule has 7 heteroatoms. The molecule has 0 bridgehead atoms. The van der Waals surface area contributed by atoms with E-state index in [1.807, 2.05) is 30.3 Å². The predicted molar refractivity (Wildman–Crippen MR) is 59.0 cm³/mol. The molecule has 3 N–H and O–H groups in total. The van der Waals surface area contributed by atoms with Gasteiger partial charge in [-0.1, -0.05) is 36.8 Å². The monoisotopic (exact) mass is 255 g/mol. The maximum Gasteiger partial charge on any atom is 1.00 e. The normalized spacial score (nSPS) is 9.81. The zero-order chi connectivity index (χ0) is 10.4. The Labute approximate surface area is 118 Å². The topological polar surface area (TPSA) is 100.0 Å².